The molecule has 0 spiro atoms. The Kier molecular flexibility index (Phi) is 5.26. The smallest absolute Gasteiger partial charge is 0.0594 e. The zero-order valence-electron chi connectivity index (χ0n) is 11.7. The summed E-state index contributed by atoms with van der Waals surface area (Å²) < 4.78 is 5.93. The summed E-state index contributed by atoms with van der Waals surface area (Å²) in [4.78, 5) is 0. The maximum atomic E-state index is 5.93. The Balaban J connectivity index is 2.10. The van der Waals surface area contributed by atoms with Crippen LogP contribution in [-0.4, -0.2) is 24.8 Å². The van der Waals surface area contributed by atoms with Crippen molar-refractivity contribution in [3.8, 4) is 0 Å². The van der Waals surface area contributed by atoms with Crippen molar-refractivity contribution in [3.05, 3.63) is 0 Å². The van der Waals surface area contributed by atoms with E-state index >= 15 is 0 Å². The molecule has 0 aromatic rings. The van der Waals surface area contributed by atoms with E-state index < -0.39 is 0 Å². The molecule has 1 rings (SSSR count). The summed E-state index contributed by atoms with van der Waals surface area (Å²) in [6, 6.07) is 0. The van der Waals surface area contributed by atoms with Crippen LogP contribution in [0.1, 0.15) is 53.9 Å². The third-order valence-corrected chi connectivity index (χ3v) is 3.66. The standard InChI is InChI=1S/C14H29NO/c1-11-6-7-13(10-12(11)2)16-9-8-15-14(3,4)5/h11-13,15H,6-10H2,1-5H3. The van der Waals surface area contributed by atoms with E-state index in [1.54, 1.807) is 0 Å². The van der Waals surface area contributed by atoms with Gasteiger partial charge < -0.3 is 10.1 Å². The monoisotopic (exact) mass is 227 g/mol. The SMILES string of the molecule is CC1CCC(OCCNC(C)(C)C)CC1C. The quantitative estimate of drug-likeness (QED) is 0.745. The average molecular weight is 227 g/mol. The van der Waals surface area contributed by atoms with Crippen LogP contribution in [0.4, 0.5) is 0 Å². The molecular weight excluding hydrogens is 198 g/mol. The zero-order chi connectivity index (χ0) is 12.2. The normalized spacial score (nSPS) is 31.7. The molecule has 0 aromatic heterocycles. The fourth-order valence-corrected chi connectivity index (χ4v) is 2.30. The van der Waals surface area contributed by atoms with Gasteiger partial charge in [-0.25, -0.2) is 0 Å². The fraction of sp³-hybridized carbons (Fsp3) is 1.00. The minimum absolute atomic E-state index is 0.206. The Hall–Kier alpha value is -0.0800. The molecule has 1 fully saturated rings. The molecule has 1 aliphatic carbocycles. The van der Waals surface area contributed by atoms with Crippen LogP contribution in [-0.2, 0) is 4.74 Å². The lowest BCUT2D eigenvalue weighted by atomic mass is 9.80. The first-order chi connectivity index (χ1) is 7.38. The molecule has 0 bridgehead atoms. The van der Waals surface area contributed by atoms with Gasteiger partial charge in [-0.3, -0.25) is 0 Å². The van der Waals surface area contributed by atoms with Crippen molar-refractivity contribution in [1.29, 1.82) is 0 Å². The van der Waals surface area contributed by atoms with Crippen molar-refractivity contribution >= 4 is 0 Å². The summed E-state index contributed by atoms with van der Waals surface area (Å²) in [7, 11) is 0. The molecule has 2 nitrogen and oxygen atoms in total. The number of hydrogen-bond acceptors (Lipinski definition) is 2. The van der Waals surface area contributed by atoms with Gasteiger partial charge in [-0.2, -0.15) is 0 Å². The van der Waals surface area contributed by atoms with E-state index in [-0.39, 0.29) is 5.54 Å². The van der Waals surface area contributed by atoms with Gasteiger partial charge in [0.2, 0.25) is 0 Å². The molecule has 3 atom stereocenters. The topological polar surface area (TPSA) is 21.3 Å². The molecule has 96 valence electrons. The predicted molar refractivity (Wildman–Crippen MR) is 69.7 cm³/mol. The lowest BCUT2D eigenvalue weighted by molar-refractivity contribution is 0.00283. The highest BCUT2D eigenvalue weighted by molar-refractivity contribution is 4.76. The summed E-state index contributed by atoms with van der Waals surface area (Å²) in [6.45, 7) is 13.1. The highest BCUT2D eigenvalue weighted by atomic mass is 16.5. The average Bonchev–Trinajstić information content (AvgIpc) is 2.17. The number of ether oxygens (including phenoxy) is 1. The minimum atomic E-state index is 0.206. The third-order valence-electron chi connectivity index (χ3n) is 3.66. The van der Waals surface area contributed by atoms with Crippen LogP contribution in [0.25, 0.3) is 0 Å². The van der Waals surface area contributed by atoms with Gasteiger partial charge in [0.15, 0.2) is 0 Å². The first-order valence-corrected chi connectivity index (χ1v) is 6.75. The molecule has 1 aliphatic rings. The lowest BCUT2D eigenvalue weighted by Gasteiger charge is -2.32. The van der Waals surface area contributed by atoms with Crippen LogP contribution >= 0.6 is 0 Å². The lowest BCUT2D eigenvalue weighted by Crippen LogP contribution is -2.39. The molecule has 3 unspecified atom stereocenters. The number of nitrogens with one attached hydrogen (secondary N) is 1. The molecule has 0 aromatic carbocycles. The van der Waals surface area contributed by atoms with Crippen LogP contribution in [0, 0.1) is 11.8 Å². The number of hydrogen-bond donors (Lipinski definition) is 1. The van der Waals surface area contributed by atoms with Crippen molar-refractivity contribution in [2.45, 2.75) is 65.5 Å². The maximum Gasteiger partial charge on any atom is 0.0594 e. The van der Waals surface area contributed by atoms with Crippen LogP contribution in [0.5, 0.6) is 0 Å². The Bertz CT molecular complexity index is 197. The predicted octanol–water partition coefficient (Wildman–Crippen LogP) is 3.22. The molecular formula is C14H29NO. The van der Waals surface area contributed by atoms with Crippen molar-refractivity contribution in [3.63, 3.8) is 0 Å². The molecule has 0 aliphatic heterocycles. The molecule has 1 N–H and O–H groups in total. The second-order valence-electron chi connectivity index (χ2n) is 6.44. The molecule has 1 saturated carbocycles. The summed E-state index contributed by atoms with van der Waals surface area (Å²) in [5.74, 6) is 1.71. The van der Waals surface area contributed by atoms with Gasteiger partial charge >= 0.3 is 0 Å². The number of rotatable bonds is 4. The Labute approximate surface area is 101 Å². The van der Waals surface area contributed by atoms with Crippen molar-refractivity contribution in [1.82, 2.24) is 5.32 Å². The summed E-state index contributed by atoms with van der Waals surface area (Å²) >= 11 is 0. The van der Waals surface area contributed by atoms with E-state index in [9.17, 15) is 0 Å². The summed E-state index contributed by atoms with van der Waals surface area (Å²) in [5, 5.41) is 3.46. The largest absolute Gasteiger partial charge is 0.377 e. The zero-order valence-corrected chi connectivity index (χ0v) is 11.7. The second kappa shape index (κ2) is 6.02. The molecule has 0 heterocycles. The van der Waals surface area contributed by atoms with Gasteiger partial charge in [0.25, 0.3) is 0 Å². The Morgan fingerprint density at radius 2 is 1.81 bits per heavy atom. The van der Waals surface area contributed by atoms with Gasteiger partial charge in [-0.05, 0) is 51.9 Å². The Morgan fingerprint density at radius 1 is 1.12 bits per heavy atom. The van der Waals surface area contributed by atoms with Gasteiger partial charge in [0.05, 0.1) is 12.7 Å². The first kappa shape index (κ1) is 14.0. The molecule has 0 saturated heterocycles. The Morgan fingerprint density at radius 3 is 2.38 bits per heavy atom. The summed E-state index contributed by atoms with van der Waals surface area (Å²) in [6.07, 6.45) is 4.34. The molecule has 2 heteroatoms. The molecule has 0 radical (unpaired) electrons. The molecule has 0 amide bonds. The maximum absolute atomic E-state index is 5.93. The summed E-state index contributed by atoms with van der Waals surface area (Å²) in [5.41, 5.74) is 0.206. The van der Waals surface area contributed by atoms with E-state index in [1.807, 2.05) is 0 Å². The van der Waals surface area contributed by atoms with Crippen molar-refractivity contribution in [2.24, 2.45) is 11.8 Å². The van der Waals surface area contributed by atoms with Crippen molar-refractivity contribution in [2.75, 3.05) is 13.2 Å². The van der Waals surface area contributed by atoms with E-state index in [1.165, 1.54) is 19.3 Å². The van der Waals surface area contributed by atoms with Gasteiger partial charge in [-0.15, -0.1) is 0 Å². The van der Waals surface area contributed by atoms with E-state index in [0.717, 1.165) is 25.0 Å². The first-order valence-electron chi connectivity index (χ1n) is 6.75. The van der Waals surface area contributed by atoms with E-state index in [2.05, 4.69) is 39.9 Å². The van der Waals surface area contributed by atoms with E-state index in [4.69, 9.17) is 4.74 Å². The third kappa shape index (κ3) is 5.31. The van der Waals surface area contributed by atoms with Gasteiger partial charge in [0, 0.05) is 12.1 Å². The van der Waals surface area contributed by atoms with Crippen LogP contribution in [0.3, 0.4) is 0 Å². The fourth-order valence-electron chi connectivity index (χ4n) is 2.30. The van der Waals surface area contributed by atoms with Crippen LogP contribution in [0.2, 0.25) is 0 Å². The van der Waals surface area contributed by atoms with Crippen LogP contribution in [0.15, 0.2) is 0 Å². The minimum Gasteiger partial charge on any atom is -0.377 e. The van der Waals surface area contributed by atoms with E-state index in [0.29, 0.717) is 6.10 Å². The van der Waals surface area contributed by atoms with Gasteiger partial charge in [-0.1, -0.05) is 13.8 Å². The van der Waals surface area contributed by atoms with Crippen LogP contribution < -0.4 is 5.32 Å². The van der Waals surface area contributed by atoms with Gasteiger partial charge in [0.1, 0.15) is 0 Å². The van der Waals surface area contributed by atoms with Crippen molar-refractivity contribution < 1.29 is 4.74 Å². The highest BCUT2D eigenvalue weighted by Gasteiger charge is 2.24. The highest BCUT2D eigenvalue weighted by Crippen LogP contribution is 2.30. The second-order valence-corrected chi connectivity index (χ2v) is 6.44. The molecule has 16 heavy (non-hydrogen) atoms.